The van der Waals surface area contributed by atoms with Crippen LogP contribution < -0.4 is 0 Å². The van der Waals surface area contributed by atoms with Crippen molar-refractivity contribution in [2.45, 2.75) is 58.4 Å². The molecule has 2 unspecified atom stereocenters. The Kier molecular flexibility index (Phi) is 12.5. The lowest BCUT2D eigenvalue weighted by atomic mass is 9.78. The van der Waals surface area contributed by atoms with Gasteiger partial charge < -0.3 is 14.7 Å². The number of aryl methyl sites for hydroxylation is 1. The summed E-state index contributed by atoms with van der Waals surface area (Å²) in [5.41, 5.74) is -1.99. The van der Waals surface area contributed by atoms with Crippen LogP contribution in [0, 0.1) is 18.7 Å². The van der Waals surface area contributed by atoms with Crippen molar-refractivity contribution in [1.29, 1.82) is 0 Å². The highest BCUT2D eigenvalue weighted by Gasteiger charge is 2.40. The minimum absolute atomic E-state index is 0. The number of carbonyl (C=O) groups is 2. The Morgan fingerprint density at radius 2 is 1.53 bits per heavy atom. The van der Waals surface area contributed by atoms with Crippen LogP contribution in [-0.4, -0.2) is 66.3 Å². The fourth-order valence-electron chi connectivity index (χ4n) is 5.54. The molecule has 0 aliphatic carbocycles. The molecule has 1 aliphatic heterocycles. The number of carbonyl (C=O) groups excluding carboxylic acids is 2. The number of amides is 2. The van der Waals surface area contributed by atoms with Crippen molar-refractivity contribution in [3.63, 3.8) is 0 Å². The Bertz CT molecular complexity index is 1230. The molecule has 13 heteroatoms. The van der Waals surface area contributed by atoms with E-state index >= 15 is 0 Å². The molecule has 43 heavy (non-hydrogen) atoms. The first-order valence-corrected chi connectivity index (χ1v) is 13.8. The molecule has 1 aliphatic rings. The molecule has 2 amide bonds. The minimum atomic E-state index is -5.01. The topological polar surface area (TPSA) is 43.9 Å². The van der Waals surface area contributed by atoms with Gasteiger partial charge >= 0.3 is 12.4 Å². The number of hydrogen-bond acceptors (Lipinski definition) is 3. The molecule has 1 saturated heterocycles. The van der Waals surface area contributed by atoms with Crippen molar-refractivity contribution >= 4 is 24.2 Å². The van der Waals surface area contributed by atoms with Gasteiger partial charge in [-0.2, -0.15) is 26.3 Å². The lowest BCUT2D eigenvalue weighted by Gasteiger charge is -2.40. The zero-order chi connectivity index (χ0) is 31.4. The van der Waals surface area contributed by atoms with Gasteiger partial charge in [0.05, 0.1) is 11.1 Å². The molecule has 1 fully saturated rings. The second-order valence-corrected chi connectivity index (χ2v) is 10.7. The molecule has 3 rings (SSSR count). The van der Waals surface area contributed by atoms with Crippen LogP contribution in [0.2, 0.25) is 0 Å². The lowest BCUT2D eigenvalue weighted by Crippen LogP contribution is -2.48. The van der Waals surface area contributed by atoms with Crippen molar-refractivity contribution in [3.8, 4) is 0 Å². The Morgan fingerprint density at radius 1 is 0.953 bits per heavy atom. The number of likely N-dealkylation sites (tertiary alicyclic amines) is 1. The van der Waals surface area contributed by atoms with Crippen LogP contribution in [0.5, 0.6) is 0 Å². The normalized spacial score (nSPS) is 17.5. The van der Waals surface area contributed by atoms with Crippen molar-refractivity contribution in [3.05, 3.63) is 70.0 Å². The molecule has 2 aromatic carbocycles. The van der Waals surface area contributed by atoms with Crippen LogP contribution in [0.3, 0.4) is 0 Å². The summed E-state index contributed by atoms with van der Waals surface area (Å²) in [5, 5.41) is 0. The van der Waals surface area contributed by atoms with E-state index < -0.39 is 53.6 Å². The highest BCUT2D eigenvalue weighted by molar-refractivity contribution is 5.85. The Balaban J connectivity index is 0.00000645. The summed E-state index contributed by atoms with van der Waals surface area (Å²) in [4.78, 5) is 31.7. The van der Waals surface area contributed by atoms with Gasteiger partial charge in [-0.1, -0.05) is 19.9 Å². The van der Waals surface area contributed by atoms with Crippen molar-refractivity contribution < 1.29 is 40.3 Å². The van der Waals surface area contributed by atoms with Gasteiger partial charge in [0.25, 0.3) is 0 Å². The second-order valence-electron chi connectivity index (χ2n) is 10.7. The maximum atomic E-state index is 13.9. The van der Waals surface area contributed by atoms with E-state index in [4.69, 9.17) is 0 Å². The average Bonchev–Trinajstić information content (AvgIpc) is 2.91. The number of hydrogen-bond donors (Lipinski definition) is 0. The monoisotopic (exact) mass is 639 g/mol. The third kappa shape index (κ3) is 9.31. The summed E-state index contributed by atoms with van der Waals surface area (Å²) in [6.07, 6.45) is -9.49. The first-order valence-electron chi connectivity index (χ1n) is 13.8. The van der Waals surface area contributed by atoms with Crippen molar-refractivity contribution in [1.82, 2.24) is 14.7 Å². The van der Waals surface area contributed by atoms with Crippen LogP contribution in [0.15, 0.2) is 36.4 Å². The molecule has 0 N–H and O–H groups in total. The average molecular weight is 640 g/mol. The molecule has 240 valence electrons. The molecule has 0 radical (unpaired) electrons. The zero-order valence-electron chi connectivity index (χ0n) is 24.5. The highest BCUT2D eigenvalue weighted by Crippen LogP contribution is 2.38. The summed E-state index contributed by atoms with van der Waals surface area (Å²) >= 11 is 0. The van der Waals surface area contributed by atoms with Crippen LogP contribution in [0.25, 0.3) is 0 Å². The van der Waals surface area contributed by atoms with E-state index in [1.165, 1.54) is 19.2 Å². The third-order valence-corrected chi connectivity index (χ3v) is 7.89. The van der Waals surface area contributed by atoms with E-state index in [1.807, 2.05) is 13.8 Å². The van der Waals surface area contributed by atoms with Gasteiger partial charge in [0.15, 0.2) is 0 Å². The number of piperidine rings is 1. The second kappa shape index (κ2) is 14.7. The quantitative estimate of drug-likeness (QED) is 0.280. The third-order valence-electron chi connectivity index (χ3n) is 7.89. The van der Waals surface area contributed by atoms with Crippen molar-refractivity contribution in [2.75, 3.05) is 39.8 Å². The first-order chi connectivity index (χ1) is 19.5. The molecule has 2 aromatic rings. The van der Waals surface area contributed by atoms with Crippen LogP contribution in [0.4, 0.5) is 30.7 Å². The Labute approximate surface area is 253 Å². The largest absolute Gasteiger partial charge is 0.416 e. The molecule has 2 atom stereocenters. The van der Waals surface area contributed by atoms with Crippen LogP contribution in [-0.2, 0) is 28.5 Å². The van der Waals surface area contributed by atoms with Gasteiger partial charge in [0, 0.05) is 51.5 Å². The fraction of sp³-hybridized carbons (Fsp3) is 0.533. The van der Waals surface area contributed by atoms with Crippen molar-refractivity contribution in [2.24, 2.45) is 5.92 Å². The zero-order valence-corrected chi connectivity index (χ0v) is 25.3. The molecular weight excluding hydrogens is 603 g/mol. The number of nitrogens with zero attached hydrogens (tertiary/aromatic N) is 3. The van der Waals surface area contributed by atoms with E-state index in [0.717, 1.165) is 18.0 Å². The molecule has 0 bridgehead atoms. The van der Waals surface area contributed by atoms with E-state index in [-0.39, 0.29) is 55.9 Å². The smallest absolute Gasteiger partial charge is 0.342 e. The maximum Gasteiger partial charge on any atom is 0.416 e. The molecule has 0 saturated carbocycles. The maximum absolute atomic E-state index is 13.9. The van der Waals surface area contributed by atoms with Crippen LogP contribution in [0.1, 0.15) is 60.4 Å². The summed E-state index contributed by atoms with van der Waals surface area (Å²) in [6.45, 7) is 7.80. The molecular formula is C30H37ClF7N3O2. The number of halogens is 8. The lowest BCUT2D eigenvalue weighted by molar-refractivity contribution is -0.143. The van der Waals surface area contributed by atoms with E-state index in [2.05, 4.69) is 4.90 Å². The van der Waals surface area contributed by atoms with Gasteiger partial charge in [-0.05, 0) is 73.5 Å². The fourth-order valence-corrected chi connectivity index (χ4v) is 5.54. The SMILES string of the molecule is CCN(CC)CCC(=O)N1CCC(C(=O)N(C)Cc2cc(C(F)(F)F)cc(C(F)(F)F)c2)C(c2ccc(F)cc2C)C1.Cl. The van der Waals surface area contributed by atoms with E-state index in [0.29, 0.717) is 29.8 Å². The van der Waals surface area contributed by atoms with Gasteiger partial charge in [-0.25, -0.2) is 4.39 Å². The predicted octanol–water partition coefficient (Wildman–Crippen LogP) is 6.92. The molecule has 1 heterocycles. The minimum Gasteiger partial charge on any atom is -0.342 e. The molecule has 0 aromatic heterocycles. The highest BCUT2D eigenvalue weighted by atomic mass is 35.5. The first kappa shape index (κ1) is 36.3. The molecule has 5 nitrogen and oxygen atoms in total. The summed E-state index contributed by atoms with van der Waals surface area (Å²) in [5.74, 6) is -2.30. The summed E-state index contributed by atoms with van der Waals surface area (Å²) in [7, 11) is 1.33. The summed E-state index contributed by atoms with van der Waals surface area (Å²) < 4.78 is 94.1. The Morgan fingerprint density at radius 3 is 2.05 bits per heavy atom. The summed E-state index contributed by atoms with van der Waals surface area (Å²) in [6, 6.07) is 5.40. The van der Waals surface area contributed by atoms with Gasteiger partial charge in [-0.15, -0.1) is 12.4 Å². The van der Waals surface area contributed by atoms with Gasteiger partial charge in [-0.3, -0.25) is 9.59 Å². The van der Waals surface area contributed by atoms with Gasteiger partial charge in [0.2, 0.25) is 11.8 Å². The number of alkyl halides is 6. The van der Waals surface area contributed by atoms with Crippen LogP contribution >= 0.6 is 12.4 Å². The molecule has 0 spiro atoms. The predicted molar refractivity (Wildman–Crippen MR) is 151 cm³/mol. The van der Waals surface area contributed by atoms with Gasteiger partial charge in [0.1, 0.15) is 5.82 Å². The number of benzene rings is 2. The number of rotatable bonds is 9. The standard InChI is InChI=1S/C30H36F7N3O2.ClH/c1-5-39(6-2)11-10-27(41)40-12-9-25(26(18-40)24-8-7-23(31)13-19(24)3)28(42)38(4)17-20-14-21(29(32,33)34)16-22(15-20)30(35,36)37;/h7-8,13-16,25-26H,5-6,9-12,17-18H2,1-4H3;1H. The van der Waals surface area contributed by atoms with E-state index in [9.17, 15) is 40.3 Å². The van der Waals surface area contributed by atoms with E-state index in [1.54, 1.807) is 17.9 Å². The Hall–Kier alpha value is -2.86.